The second-order valence-electron chi connectivity index (χ2n) is 4.55. The van der Waals surface area contributed by atoms with Crippen LogP contribution < -0.4 is 5.32 Å². The number of furan rings is 1. The van der Waals surface area contributed by atoms with E-state index in [1.807, 2.05) is 26.0 Å². The van der Waals surface area contributed by atoms with E-state index in [1.54, 1.807) is 4.90 Å². The molecular weight excluding hydrogens is 232 g/mol. The Morgan fingerprint density at radius 1 is 1.44 bits per heavy atom. The molecule has 1 aliphatic rings. The molecule has 0 aromatic carbocycles. The molecule has 1 saturated heterocycles. The fraction of sp³-hybridized carbons (Fsp3) is 0.538. The molecule has 2 amide bonds. The molecule has 5 nitrogen and oxygen atoms in total. The highest BCUT2D eigenvalue weighted by molar-refractivity contribution is 5.89. The molecule has 0 aliphatic carbocycles. The van der Waals surface area contributed by atoms with E-state index in [2.05, 4.69) is 5.32 Å². The van der Waals surface area contributed by atoms with Crippen LogP contribution in [-0.2, 0) is 16.1 Å². The van der Waals surface area contributed by atoms with Gasteiger partial charge in [0.25, 0.3) is 0 Å². The first-order valence-corrected chi connectivity index (χ1v) is 6.23. The summed E-state index contributed by atoms with van der Waals surface area (Å²) in [6.07, 6.45) is 0.959. The standard InChI is InChI=1S/C13H18N2O3/c1-3-11-13(17)15(7-6-12(16)14-11)8-10-5-4-9(2)18-10/h4-5,11H,3,6-8H2,1-2H3,(H,14,16). The molecule has 18 heavy (non-hydrogen) atoms. The van der Waals surface area contributed by atoms with Crippen molar-refractivity contribution in [2.24, 2.45) is 0 Å². The Labute approximate surface area is 106 Å². The molecule has 1 atom stereocenters. The molecule has 0 saturated carbocycles. The Hall–Kier alpha value is -1.78. The minimum Gasteiger partial charge on any atom is -0.464 e. The molecule has 1 unspecified atom stereocenters. The van der Waals surface area contributed by atoms with Gasteiger partial charge in [0, 0.05) is 13.0 Å². The minimum absolute atomic E-state index is 0.0302. The number of carbonyl (C=O) groups is 2. The fourth-order valence-electron chi connectivity index (χ4n) is 2.09. The Bertz CT molecular complexity index is 453. The van der Waals surface area contributed by atoms with Crippen molar-refractivity contribution in [1.82, 2.24) is 10.2 Å². The second-order valence-corrected chi connectivity index (χ2v) is 4.55. The maximum absolute atomic E-state index is 12.2. The lowest BCUT2D eigenvalue weighted by molar-refractivity contribution is -0.134. The van der Waals surface area contributed by atoms with Gasteiger partial charge in [-0.1, -0.05) is 6.92 Å². The van der Waals surface area contributed by atoms with E-state index in [9.17, 15) is 9.59 Å². The van der Waals surface area contributed by atoms with Crippen LogP contribution in [0.2, 0.25) is 0 Å². The first kappa shape index (κ1) is 12.7. The number of hydrogen-bond acceptors (Lipinski definition) is 3. The molecule has 5 heteroatoms. The number of amides is 2. The molecule has 1 aromatic heterocycles. The first-order chi connectivity index (χ1) is 8.60. The van der Waals surface area contributed by atoms with Gasteiger partial charge in [0.15, 0.2) is 0 Å². The lowest BCUT2D eigenvalue weighted by atomic mass is 10.2. The predicted octanol–water partition coefficient (Wildman–Crippen LogP) is 1.22. The summed E-state index contributed by atoms with van der Waals surface area (Å²) in [5.41, 5.74) is 0. The Kier molecular flexibility index (Phi) is 3.69. The normalized spacial score (nSPS) is 20.8. The van der Waals surface area contributed by atoms with E-state index in [-0.39, 0.29) is 11.8 Å². The van der Waals surface area contributed by atoms with Crippen molar-refractivity contribution < 1.29 is 14.0 Å². The Morgan fingerprint density at radius 2 is 2.22 bits per heavy atom. The van der Waals surface area contributed by atoms with Gasteiger partial charge in [-0.2, -0.15) is 0 Å². The van der Waals surface area contributed by atoms with Crippen molar-refractivity contribution in [3.63, 3.8) is 0 Å². The summed E-state index contributed by atoms with van der Waals surface area (Å²) >= 11 is 0. The van der Waals surface area contributed by atoms with Gasteiger partial charge in [-0.25, -0.2) is 0 Å². The Balaban J connectivity index is 2.10. The van der Waals surface area contributed by atoms with Crippen molar-refractivity contribution in [2.45, 2.75) is 39.3 Å². The number of rotatable bonds is 3. The van der Waals surface area contributed by atoms with E-state index in [4.69, 9.17) is 4.42 Å². The van der Waals surface area contributed by atoms with Crippen LogP contribution in [0.15, 0.2) is 16.5 Å². The molecule has 1 N–H and O–H groups in total. The highest BCUT2D eigenvalue weighted by atomic mass is 16.3. The van der Waals surface area contributed by atoms with Crippen molar-refractivity contribution >= 4 is 11.8 Å². The molecule has 2 rings (SSSR count). The zero-order valence-corrected chi connectivity index (χ0v) is 10.7. The van der Waals surface area contributed by atoms with Gasteiger partial charge in [-0.3, -0.25) is 9.59 Å². The van der Waals surface area contributed by atoms with Crippen LogP contribution in [-0.4, -0.2) is 29.3 Å². The summed E-state index contributed by atoms with van der Waals surface area (Å²) in [7, 11) is 0. The van der Waals surface area contributed by atoms with Crippen LogP contribution in [0.5, 0.6) is 0 Å². The summed E-state index contributed by atoms with van der Waals surface area (Å²) < 4.78 is 5.47. The number of carbonyl (C=O) groups excluding carboxylic acids is 2. The van der Waals surface area contributed by atoms with E-state index in [0.29, 0.717) is 25.9 Å². The molecular formula is C13H18N2O3. The van der Waals surface area contributed by atoms with Crippen LogP contribution in [0.1, 0.15) is 31.3 Å². The third-order valence-electron chi connectivity index (χ3n) is 3.10. The lowest BCUT2D eigenvalue weighted by Gasteiger charge is -2.22. The molecule has 0 spiro atoms. The largest absolute Gasteiger partial charge is 0.464 e. The number of nitrogens with one attached hydrogen (secondary N) is 1. The smallest absolute Gasteiger partial charge is 0.245 e. The van der Waals surface area contributed by atoms with Crippen LogP contribution in [0.25, 0.3) is 0 Å². The average molecular weight is 250 g/mol. The summed E-state index contributed by atoms with van der Waals surface area (Å²) in [6.45, 7) is 4.64. The van der Waals surface area contributed by atoms with Crippen molar-refractivity contribution in [3.8, 4) is 0 Å². The highest BCUT2D eigenvalue weighted by Crippen LogP contribution is 2.13. The monoisotopic (exact) mass is 250 g/mol. The van der Waals surface area contributed by atoms with Crippen molar-refractivity contribution in [1.29, 1.82) is 0 Å². The molecule has 1 aromatic rings. The number of aryl methyl sites for hydroxylation is 1. The molecule has 1 fully saturated rings. The second kappa shape index (κ2) is 5.25. The van der Waals surface area contributed by atoms with E-state index in [0.717, 1.165) is 11.5 Å². The third-order valence-corrected chi connectivity index (χ3v) is 3.10. The molecule has 1 aliphatic heterocycles. The van der Waals surface area contributed by atoms with Gasteiger partial charge in [0.05, 0.1) is 6.54 Å². The molecule has 2 heterocycles. The van der Waals surface area contributed by atoms with Crippen LogP contribution in [0.4, 0.5) is 0 Å². The Morgan fingerprint density at radius 3 is 2.83 bits per heavy atom. The molecule has 0 radical (unpaired) electrons. The van der Waals surface area contributed by atoms with Crippen molar-refractivity contribution in [3.05, 3.63) is 23.7 Å². The lowest BCUT2D eigenvalue weighted by Crippen LogP contribution is -2.43. The average Bonchev–Trinajstić information content (AvgIpc) is 2.70. The SMILES string of the molecule is CCC1NC(=O)CCN(Cc2ccc(C)o2)C1=O. The van der Waals surface area contributed by atoms with Crippen LogP contribution >= 0.6 is 0 Å². The van der Waals surface area contributed by atoms with Gasteiger partial charge in [0.2, 0.25) is 11.8 Å². The summed E-state index contributed by atoms with van der Waals surface area (Å²) in [6, 6.07) is 3.33. The van der Waals surface area contributed by atoms with E-state index in [1.165, 1.54) is 0 Å². The summed E-state index contributed by atoms with van der Waals surface area (Å²) in [5.74, 6) is 1.49. The zero-order valence-electron chi connectivity index (χ0n) is 10.7. The molecule has 0 bridgehead atoms. The summed E-state index contributed by atoms with van der Waals surface area (Å²) in [4.78, 5) is 25.4. The van der Waals surface area contributed by atoms with Crippen molar-refractivity contribution in [2.75, 3.05) is 6.54 Å². The van der Waals surface area contributed by atoms with Gasteiger partial charge >= 0.3 is 0 Å². The quantitative estimate of drug-likeness (QED) is 0.877. The first-order valence-electron chi connectivity index (χ1n) is 6.23. The molecule has 98 valence electrons. The predicted molar refractivity (Wildman–Crippen MR) is 65.7 cm³/mol. The maximum Gasteiger partial charge on any atom is 0.245 e. The van der Waals surface area contributed by atoms with Crippen LogP contribution in [0.3, 0.4) is 0 Å². The highest BCUT2D eigenvalue weighted by Gasteiger charge is 2.28. The van der Waals surface area contributed by atoms with Gasteiger partial charge in [-0.15, -0.1) is 0 Å². The van der Waals surface area contributed by atoms with E-state index < -0.39 is 6.04 Å². The summed E-state index contributed by atoms with van der Waals surface area (Å²) in [5, 5.41) is 2.74. The maximum atomic E-state index is 12.2. The minimum atomic E-state index is -0.406. The topological polar surface area (TPSA) is 62.6 Å². The number of nitrogens with zero attached hydrogens (tertiary/aromatic N) is 1. The zero-order chi connectivity index (χ0) is 13.1. The van der Waals surface area contributed by atoms with Gasteiger partial charge in [0.1, 0.15) is 17.6 Å². The van der Waals surface area contributed by atoms with Gasteiger partial charge in [-0.05, 0) is 25.5 Å². The van der Waals surface area contributed by atoms with Crippen LogP contribution in [0, 0.1) is 6.92 Å². The third kappa shape index (κ3) is 2.72. The van der Waals surface area contributed by atoms with Gasteiger partial charge < -0.3 is 14.6 Å². The number of hydrogen-bond donors (Lipinski definition) is 1. The fourth-order valence-corrected chi connectivity index (χ4v) is 2.09. The van der Waals surface area contributed by atoms with E-state index >= 15 is 0 Å².